The Kier molecular flexibility index (Phi) is 5.55. The van der Waals surface area contributed by atoms with Gasteiger partial charge in [-0.3, -0.25) is 4.98 Å². The molecule has 168 valence electrons. The maximum absolute atomic E-state index is 14.1. The molecule has 0 amide bonds. The van der Waals surface area contributed by atoms with E-state index in [4.69, 9.17) is 4.98 Å². The summed E-state index contributed by atoms with van der Waals surface area (Å²) in [5.74, 6) is 0.468. The van der Waals surface area contributed by atoms with Crippen LogP contribution in [0.15, 0.2) is 36.5 Å². The van der Waals surface area contributed by atoms with E-state index < -0.39 is 5.60 Å². The van der Waals surface area contributed by atoms with Gasteiger partial charge in [-0.05, 0) is 63.3 Å². The third-order valence-electron chi connectivity index (χ3n) is 7.19. The molecule has 2 aromatic heterocycles. The Hall–Kier alpha value is -2.64. The molecule has 2 aliphatic rings. The van der Waals surface area contributed by atoms with Gasteiger partial charge in [0.05, 0.1) is 16.9 Å². The van der Waals surface area contributed by atoms with Crippen molar-refractivity contribution in [3.05, 3.63) is 59.3 Å². The molecule has 0 bridgehead atoms. The fourth-order valence-corrected chi connectivity index (χ4v) is 5.12. The third-order valence-corrected chi connectivity index (χ3v) is 7.19. The molecular weight excluding hydrogens is 405 g/mol. The summed E-state index contributed by atoms with van der Waals surface area (Å²) in [6.45, 7) is 7.25. The Morgan fingerprint density at radius 2 is 1.78 bits per heavy atom. The zero-order valence-electron chi connectivity index (χ0n) is 18.8. The average Bonchev–Trinajstić information content (AvgIpc) is 2.81. The van der Waals surface area contributed by atoms with Crippen LogP contribution in [0.1, 0.15) is 42.6 Å². The third kappa shape index (κ3) is 3.95. The van der Waals surface area contributed by atoms with Crippen LogP contribution in [0.25, 0.3) is 10.9 Å². The second-order valence-electron chi connectivity index (χ2n) is 9.23. The van der Waals surface area contributed by atoms with E-state index in [-0.39, 0.29) is 5.82 Å². The van der Waals surface area contributed by atoms with Crippen LogP contribution in [0.2, 0.25) is 0 Å². The molecule has 2 aliphatic heterocycles. The number of piperidine rings is 2. The van der Waals surface area contributed by atoms with Crippen LogP contribution in [0, 0.1) is 19.7 Å². The van der Waals surface area contributed by atoms with Gasteiger partial charge in [0.1, 0.15) is 11.4 Å². The normalized spacial score (nSPS) is 20.1. The second-order valence-corrected chi connectivity index (χ2v) is 9.23. The molecule has 0 atom stereocenters. The Morgan fingerprint density at radius 1 is 1.03 bits per heavy atom. The number of pyridine rings is 1. The summed E-state index contributed by atoms with van der Waals surface area (Å²) in [6.07, 6.45) is 5.24. The largest absolute Gasteiger partial charge is 0.383 e. The van der Waals surface area contributed by atoms with E-state index in [1.165, 1.54) is 6.07 Å². The number of aromatic nitrogens is 3. The number of benzene rings is 1. The minimum atomic E-state index is -0.817. The van der Waals surface area contributed by atoms with E-state index in [0.29, 0.717) is 35.9 Å². The predicted molar refractivity (Wildman–Crippen MR) is 123 cm³/mol. The highest BCUT2D eigenvalue weighted by molar-refractivity contribution is 5.82. The Morgan fingerprint density at radius 3 is 2.47 bits per heavy atom. The van der Waals surface area contributed by atoms with Crippen molar-refractivity contribution >= 4 is 16.9 Å². The monoisotopic (exact) mass is 435 g/mol. The first-order chi connectivity index (χ1) is 15.4. The van der Waals surface area contributed by atoms with Crippen LogP contribution in [-0.2, 0) is 5.60 Å². The molecule has 4 heterocycles. The van der Waals surface area contributed by atoms with Gasteiger partial charge in [0.2, 0.25) is 5.95 Å². The molecule has 1 N–H and O–H groups in total. The van der Waals surface area contributed by atoms with Crippen molar-refractivity contribution in [2.45, 2.75) is 51.2 Å². The number of hydrogen-bond acceptors (Lipinski definition) is 6. The van der Waals surface area contributed by atoms with Gasteiger partial charge in [0, 0.05) is 49.9 Å². The number of halogens is 1. The van der Waals surface area contributed by atoms with Crippen LogP contribution in [0.5, 0.6) is 0 Å². The van der Waals surface area contributed by atoms with Crippen LogP contribution in [0.3, 0.4) is 0 Å². The lowest BCUT2D eigenvalue weighted by Gasteiger charge is -2.44. The summed E-state index contributed by atoms with van der Waals surface area (Å²) in [6, 6.07) is 9.60. The summed E-state index contributed by atoms with van der Waals surface area (Å²) in [5, 5.41) is 12.0. The highest BCUT2D eigenvalue weighted by Crippen LogP contribution is 2.34. The van der Waals surface area contributed by atoms with Crippen LogP contribution < -0.4 is 4.90 Å². The number of rotatable bonds is 3. The fraction of sp³-hybridized carbons (Fsp3) is 0.480. The maximum Gasteiger partial charge on any atom is 0.226 e. The van der Waals surface area contributed by atoms with Crippen molar-refractivity contribution in [3.8, 4) is 0 Å². The average molecular weight is 436 g/mol. The number of aryl methyl sites for hydroxylation is 2. The zero-order valence-corrected chi connectivity index (χ0v) is 18.8. The second kappa shape index (κ2) is 8.37. The van der Waals surface area contributed by atoms with Crippen molar-refractivity contribution in [1.29, 1.82) is 0 Å². The van der Waals surface area contributed by atoms with Gasteiger partial charge in [-0.25, -0.2) is 14.4 Å². The van der Waals surface area contributed by atoms with E-state index in [9.17, 15) is 9.50 Å². The lowest BCUT2D eigenvalue weighted by molar-refractivity contribution is -0.0409. The van der Waals surface area contributed by atoms with E-state index in [0.717, 1.165) is 55.8 Å². The molecule has 2 saturated heterocycles. The first-order valence-corrected chi connectivity index (χ1v) is 11.5. The molecular formula is C25H30FN5O. The van der Waals surface area contributed by atoms with E-state index in [2.05, 4.69) is 19.8 Å². The quantitative estimate of drug-likeness (QED) is 0.676. The molecule has 5 rings (SSSR count). The molecule has 3 aromatic rings. The minimum absolute atomic E-state index is 0.226. The number of nitrogens with zero attached hydrogens (tertiary/aromatic N) is 5. The smallest absolute Gasteiger partial charge is 0.226 e. The molecule has 0 saturated carbocycles. The van der Waals surface area contributed by atoms with Gasteiger partial charge in [-0.15, -0.1) is 0 Å². The summed E-state index contributed by atoms with van der Waals surface area (Å²) in [7, 11) is 0. The number of likely N-dealkylation sites (tertiary alicyclic amines) is 1. The van der Waals surface area contributed by atoms with Crippen molar-refractivity contribution in [3.63, 3.8) is 0 Å². The first kappa shape index (κ1) is 21.2. The van der Waals surface area contributed by atoms with E-state index in [1.807, 2.05) is 31.2 Å². The number of hydrogen-bond donors (Lipinski definition) is 1. The predicted octanol–water partition coefficient (Wildman–Crippen LogP) is 3.73. The van der Waals surface area contributed by atoms with Crippen molar-refractivity contribution in [2.75, 3.05) is 31.1 Å². The zero-order chi connectivity index (χ0) is 22.3. The van der Waals surface area contributed by atoms with Gasteiger partial charge in [-0.2, -0.15) is 0 Å². The van der Waals surface area contributed by atoms with E-state index in [1.54, 1.807) is 13.1 Å². The highest BCUT2D eigenvalue weighted by atomic mass is 19.1. The van der Waals surface area contributed by atoms with E-state index >= 15 is 0 Å². The molecule has 0 radical (unpaired) electrons. The van der Waals surface area contributed by atoms with Crippen LogP contribution in [-0.4, -0.2) is 57.2 Å². The SMILES string of the molecule is Cc1cc2c(C)nc(N3CCC(N4CCC(O)(c5ccccn5)CC4)CC3)nc2cc1F. The molecule has 2 fully saturated rings. The number of fused-ring (bicyclic) bond motifs is 1. The Bertz CT molecular complexity index is 1110. The highest BCUT2D eigenvalue weighted by Gasteiger charge is 2.37. The maximum atomic E-state index is 14.1. The molecule has 1 aromatic carbocycles. The molecule has 0 spiro atoms. The summed E-state index contributed by atoms with van der Waals surface area (Å²) < 4.78 is 14.1. The lowest BCUT2D eigenvalue weighted by Crippen LogP contribution is -2.51. The minimum Gasteiger partial charge on any atom is -0.383 e. The van der Waals surface area contributed by atoms with Crippen molar-refractivity contribution < 1.29 is 9.50 Å². The van der Waals surface area contributed by atoms with Gasteiger partial charge >= 0.3 is 0 Å². The lowest BCUT2D eigenvalue weighted by atomic mass is 9.86. The van der Waals surface area contributed by atoms with Crippen molar-refractivity contribution in [1.82, 2.24) is 19.9 Å². The number of anilines is 1. The van der Waals surface area contributed by atoms with Gasteiger partial charge < -0.3 is 14.9 Å². The van der Waals surface area contributed by atoms with Gasteiger partial charge in [-0.1, -0.05) is 6.07 Å². The fourth-order valence-electron chi connectivity index (χ4n) is 5.12. The topological polar surface area (TPSA) is 65.4 Å². The summed E-state index contributed by atoms with van der Waals surface area (Å²) in [5.41, 5.74) is 2.14. The first-order valence-electron chi connectivity index (χ1n) is 11.5. The number of aliphatic hydroxyl groups is 1. The van der Waals surface area contributed by atoms with Crippen molar-refractivity contribution in [2.24, 2.45) is 0 Å². The van der Waals surface area contributed by atoms with Gasteiger partial charge in [0.25, 0.3) is 0 Å². The summed E-state index contributed by atoms with van der Waals surface area (Å²) >= 11 is 0. The summed E-state index contributed by atoms with van der Waals surface area (Å²) in [4.78, 5) is 18.5. The van der Waals surface area contributed by atoms with Crippen LogP contribution >= 0.6 is 0 Å². The molecule has 0 unspecified atom stereocenters. The Balaban J connectivity index is 1.23. The molecule has 32 heavy (non-hydrogen) atoms. The Labute approximate surface area is 188 Å². The standard InChI is InChI=1S/C25H30FN5O/c1-17-15-20-18(2)28-24(29-22(20)16-21(17)26)31-11-6-19(7-12-31)30-13-8-25(32,9-14-30)23-5-3-4-10-27-23/h3-5,10,15-16,19,32H,6-9,11-14H2,1-2H3. The van der Waals surface area contributed by atoms with Gasteiger partial charge in [0.15, 0.2) is 0 Å². The molecule has 7 heteroatoms. The van der Waals surface area contributed by atoms with Crippen LogP contribution in [0.4, 0.5) is 10.3 Å². The molecule has 0 aliphatic carbocycles. The molecule has 6 nitrogen and oxygen atoms in total.